The number of hydrogen-bond donors (Lipinski definition) is 1. The van der Waals surface area contributed by atoms with Crippen LogP contribution in [-0.2, 0) is 16.6 Å². The second-order valence-electron chi connectivity index (χ2n) is 4.05. The highest BCUT2D eigenvalue weighted by Gasteiger charge is 2.14. The molecular formula is C13H13FN2O3. The van der Waals surface area contributed by atoms with E-state index in [-0.39, 0.29) is 12.4 Å². The number of methoxy groups -OCH3 is 1. The molecule has 5 nitrogen and oxygen atoms in total. The molecule has 1 heterocycles. The van der Waals surface area contributed by atoms with Crippen LogP contribution < -0.4 is 5.32 Å². The summed E-state index contributed by atoms with van der Waals surface area (Å²) in [6.07, 6.45) is 0. The summed E-state index contributed by atoms with van der Waals surface area (Å²) >= 11 is 0. The van der Waals surface area contributed by atoms with Crippen LogP contribution in [0.3, 0.4) is 0 Å². The zero-order valence-electron chi connectivity index (χ0n) is 10.6. The minimum Gasteiger partial charge on any atom is -0.468 e. The average molecular weight is 264 g/mol. The molecule has 1 amide bonds. The predicted octanol–water partition coefficient (Wildman–Crippen LogP) is 1.22. The third-order valence-electron chi connectivity index (χ3n) is 2.86. The largest absolute Gasteiger partial charge is 0.468 e. The Hall–Kier alpha value is -2.37. The lowest BCUT2D eigenvalue weighted by atomic mass is 10.2. The summed E-state index contributed by atoms with van der Waals surface area (Å²) in [5.41, 5.74) is 1.09. The molecule has 0 radical (unpaired) electrons. The number of benzene rings is 1. The van der Waals surface area contributed by atoms with Crippen molar-refractivity contribution in [1.29, 1.82) is 0 Å². The zero-order valence-corrected chi connectivity index (χ0v) is 10.6. The Morgan fingerprint density at radius 3 is 2.79 bits per heavy atom. The van der Waals surface area contributed by atoms with Crippen molar-refractivity contribution < 1.29 is 18.7 Å². The normalized spacial score (nSPS) is 10.5. The number of carbonyl (C=O) groups is 2. The number of rotatable bonds is 3. The van der Waals surface area contributed by atoms with Gasteiger partial charge in [-0.3, -0.25) is 9.59 Å². The summed E-state index contributed by atoms with van der Waals surface area (Å²) in [5, 5.41) is 3.07. The van der Waals surface area contributed by atoms with Gasteiger partial charge in [0, 0.05) is 18.0 Å². The van der Waals surface area contributed by atoms with Crippen LogP contribution in [0.5, 0.6) is 0 Å². The maximum atomic E-state index is 13.1. The molecular weight excluding hydrogens is 251 g/mol. The molecule has 0 bridgehead atoms. The molecule has 0 aliphatic carbocycles. The number of nitrogens with one attached hydrogen (secondary N) is 1. The number of halogens is 1. The standard InChI is InChI=1S/C13H13FN2O3/c1-16-10-4-3-9(14)5-8(10)6-11(16)13(18)15-7-12(17)19-2/h3-6H,7H2,1-2H3,(H,15,18). The summed E-state index contributed by atoms with van der Waals surface area (Å²) in [6.45, 7) is -0.203. The first-order valence-corrected chi connectivity index (χ1v) is 5.63. The number of fused-ring (bicyclic) bond motifs is 1. The fourth-order valence-electron chi connectivity index (χ4n) is 1.85. The molecule has 0 aliphatic heterocycles. The van der Waals surface area contributed by atoms with Gasteiger partial charge < -0.3 is 14.6 Å². The average Bonchev–Trinajstić information content (AvgIpc) is 2.72. The quantitative estimate of drug-likeness (QED) is 0.848. The van der Waals surface area contributed by atoms with Crippen molar-refractivity contribution in [2.75, 3.05) is 13.7 Å². The number of aromatic nitrogens is 1. The molecule has 6 heteroatoms. The Balaban J connectivity index is 2.27. The second kappa shape index (κ2) is 5.09. The van der Waals surface area contributed by atoms with Gasteiger partial charge in [0.05, 0.1) is 7.11 Å². The van der Waals surface area contributed by atoms with E-state index in [1.165, 1.54) is 19.2 Å². The van der Waals surface area contributed by atoms with E-state index in [1.54, 1.807) is 23.7 Å². The van der Waals surface area contributed by atoms with Crippen LogP contribution in [-0.4, -0.2) is 30.1 Å². The number of nitrogens with zero attached hydrogens (tertiary/aromatic N) is 1. The maximum absolute atomic E-state index is 13.1. The number of hydrogen-bond acceptors (Lipinski definition) is 3. The summed E-state index contributed by atoms with van der Waals surface area (Å²) in [4.78, 5) is 22.9. The fourth-order valence-corrected chi connectivity index (χ4v) is 1.85. The number of esters is 1. The van der Waals surface area contributed by atoms with Crippen LogP contribution in [0.2, 0.25) is 0 Å². The Morgan fingerprint density at radius 2 is 2.11 bits per heavy atom. The van der Waals surface area contributed by atoms with Crippen LogP contribution in [0.25, 0.3) is 10.9 Å². The van der Waals surface area contributed by atoms with Crippen LogP contribution >= 0.6 is 0 Å². The van der Waals surface area contributed by atoms with Gasteiger partial charge >= 0.3 is 5.97 Å². The molecule has 0 unspecified atom stereocenters. The highest BCUT2D eigenvalue weighted by molar-refractivity contribution is 5.99. The van der Waals surface area contributed by atoms with Crippen molar-refractivity contribution in [2.45, 2.75) is 0 Å². The first-order chi connectivity index (χ1) is 9.02. The van der Waals surface area contributed by atoms with E-state index < -0.39 is 11.9 Å². The summed E-state index contributed by atoms with van der Waals surface area (Å²) in [7, 11) is 2.95. The van der Waals surface area contributed by atoms with Gasteiger partial charge in [0.2, 0.25) is 0 Å². The molecule has 0 spiro atoms. The van der Waals surface area contributed by atoms with Gasteiger partial charge in [-0.15, -0.1) is 0 Å². The van der Waals surface area contributed by atoms with Crippen LogP contribution in [0.15, 0.2) is 24.3 Å². The highest BCUT2D eigenvalue weighted by atomic mass is 19.1. The molecule has 2 rings (SSSR count). The number of amides is 1. The number of carbonyl (C=O) groups excluding carboxylic acids is 2. The van der Waals surface area contributed by atoms with Gasteiger partial charge in [-0.2, -0.15) is 0 Å². The minimum absolute atomic E-state index is 0.203. The van der Waals surface area contributed by atoms with Crippen molar-refractivity contribution in [3.63, 3.8) is 0 Å². The molecule has 1 aromatic heterocycles. The Bertz CT molecular complexity index is 649. The van der Waals surface area contributed by atoms with Gasteiger partial charge in [-0.05, 0) is 24.3 Å². The van der Waals surface area contributed by atoms with Crippen LogP contribution in [0, 0.1) is 5.82 Å². The predicted molar refractivity (Wildman–Crippen MR) is 67.2 cm³/mol. The van der Waals surface area contributed by atoms with Crippen molar-refractivity contribution in [3.05, 3.63) is 35.8 Å². The Morgan fingerprint density at radius 1 is 1.37 bits per heavy atom. The topological polar surface area (TPSA) is 60.3 Å². The van der Waals surface area contributed by atoms with Crippen LogP contribution in [0.1, 0.15) is 10.5 Å². The van der Waals surface area contributed by atoms with E-state index in [0.29, 0.717) is 11.1 Å². The summed E-state index contributed by atoms with van der Waals surface area (Å²) < 4.78 is 19.2. The summed E-state index contributed by atoms with van der Waals surface area (Å²) in [5.74, 6) is -1.30. The molecule has 1 aromatic carbocycles. The minimum atomic E-state index is -0.529. The Kier molecular flexibility index (Phi) is 3.50. The number of ether oxygens (including phenoxy) is 1. The second-order valence-corrected chi connectivity index (χ2v) is 4.05. The molecule has 0 saturated carbocycles. The first-order valence-electron chi connectivity index (χ1n) is 5.63. The fraction of sp³-hybridized carbons (Fsp3) is 0.231. The van der Waals surface area contributed by atoms with E-state index in [1.807, 2.05) is 0 Å². The first kappa shape index (κ1) is 13.1. The third-order valence-corrected chi connectivity index (χ3v) is 2.86. The lowest BCUT2D eigenvalue weighted by Gasteiger charge is -2.05. The molecule has 0 aliphatic rings. The SMILES string of the molecule is COC(=O)CNC(=O)c1cc2cc(F)ccc2n1C. The van der Waals surface area contributed by atoms with Gasteiger partial charge in [0.25, 0.3) is 5.91 Å². The van der Waals surface area contributed by atoms with Crippen molar-refractivity contribution >= 4 is 22.8 Å². The Labute approximate surface area is 109 Å². The smallest absolute Gasteiger partial charge is 0.325 e. The monoisotopic (exact) mass is 264 g/mol. The molecule has 100 valence electrons. The zero-order chi connectivity index (χ0) is 14.0. The van der Waals surface area contributed by atoms with Crippen molar-refractivity contribution in [1.82, 2.24) is 9.88 Å². The van der Waals surface area contributed by atoms with E-state index in [2.05, 4.69) is 10.1 Å². The molecule has 19 heavy (non-hydrogen) atoms. The number of aryl methyl sites for hydroxylation is 1. The van der Waals surface area contributed by atoms with Gasteiger partial charge in [-0.1, -0.05) is 0 Å². The van der Waals surface area contributed by atoms with Crippen molar-refractivity contribution in [3.8, 4) is 0 Å². The van der Waals surface area contributed by atoms with E-state index in [9.17, 15) is 14.0 Å². The summed E-state index contributed by atoms with van der Waals surface area (Å²) in [6, 6.07) is 5.86. The van der Waals surface area contributed by atoms with Gasteiger partial charge in [0.15, 0.2) is 0 Å². The third kappa shape index (κ3) is 2.57. The molecule has 0 fully saturated rings. The molecule has 2 aromatic rings. The molecule has 1 N–H and O–H groups in total. The lowest BCUT2D eigenvalue weighted by molar-refractivity contribution is -0.139. The molecule has 0 atom stereocenters. The van der Waals surface area contributed by atoms with E-state index in [4.69, 9.17) is 0 Å². The molecule has 0 saturated heterocycles. The van der Waals surface area contributed by atoms with E-state index in [0.717, 1.165) is 5.52 Å². The lowest BCUT2D eigenvalue weighted by Crippen LogP contribution is -2.31. The highest BCUT2D eigenvalue weighted by Crippen LogP contribution is 2.19. The van der Waals surface area contributed by atoms with Gasteiger partial charge in [-0.25, -0.2) is 4.39 Å². The van der Waals surface area contributed by atoms with Crippen molar-refractivity contribution in [2.24, 2.45) is 7.05 Å². The van der Waals surface area contributed by atoms with Gasteiger partial charge in [0.1, 0.15) is 18.1 Å². The van der Waals surface area contributed by atoms with Crippen LogP contribution in [0.4, 0.5) is 4.39 Å². The maximum Gasteiger partial charge on any atom is 0.325 e. The van der Waals surface area contributed by atoms with E-state index >= 15 is 0 Å².